The molecule has 162 valence electrons. The summed E-state index contributed by atoms with van der Waals surface area (Å²) in [6.07, 6.45) is 4.33. The van der Waals surface area contributed by atoms with Crippen molar-refractivity contribution in [2.75, 3.05) is 43.5 Å². The molecule has 2 aromatic rings. The van der Waals surface area contributed by atoms with Crippen LogP contribution in [0.4, 0.5) is 5.95 Å². The van der Waals surface area contributed by atoms with Crippen LogP contribution in [0.1, 0.15) is 38.7 Å². The van der Waals surface area contributed by atoms with Crippen molar-refractivity contribution in [3.63, 3.8) is 0 Å². The summed E-state index contributed by atoms with van der Waals surface area (Å²) in [4.78, 5) is 17.1. The van der Waals surface area contributed by atoms with Crippen LogP contribution in [0.2, 0.25) is 0 Å². The Morgan fingerprint density at radius 2 is 1.97 bits per heavy atom. The van der Waals surface area contributed by atoms with Crippen molar-refractivity contribution >= 4 is 23.6 Å². The molecule has 0 bridgehead atoms. The Morgan fingerprint density at radius 3 is 2.73 bits per heavy atom. The van der Waals surface area contributed by atoms with Crippen LogP contribution in [0.15, 0.2) is 29.4 Å². The van der Waals surface area contributed by atoms with E-state index in [4.69, 9.17) is 4.74 Å². The molecule has 30 heavy (non-hydrogen) atoms. The van der Waals surface area contributed by atoms with Gasteiger partial charge < -0.3 is 14.5 Å². The fraction of sp³-hybridized carbons (Fsp3) is 0.591. The van der Waals surface area contributed by atoms with Gasteiger partial charge in [0, 0.05) is 25.7 Å². The molecule has 8 heteroatoms. The minimum absolute atomic E-state index is 0.193. The Balaban J connectivity index is 1.61. The maximum Gasteiger partial charge on any atom is 0.233 e. The molecular weight excluding hydrogens is 398 g/mol. The average Bonchev–Trinajstić information content (AvgIpc) is 3.22. The zero-order valence-corrected chi connectivity index (χ0v) is 18.7. The summed E-state index contributed by atoms with van der Waals surface area (Å²) in [5.41, 5.74) is 2.33. The van der Waals surface area contributed by atoms with Gasteiger partial charge in [-0.05, 0) is 44.2 Å². The summed E-state index contributed by atoms with van der Waals surface area (Å²) in [5, 5.41) is 9.81. The van der Waals surface area contributed by atoms with Gasteiger partial charge in [0.2, 0.25) is 11.9 Å². The highest BCUT2D eigenvalue weighted by molar-refractivity contribution is 7.99. The first-order chi connectivity index (χ1) is 14.7. The number of aromatic nitrogens is 3. The monoisotopic (exact) mass is 429 g/mol. The van der Waals surface area contributed by atoms with Crippen molar-refractivity contribution in [2.45, 2.75) is 50.7 Å². The predicted octanol–water partition coefficient (Wildman–Crippen LogP) is 3.16. The lowest BCUT2D eigenvalue weighted by Gasteiger charge is -2.33. The number of aryl methyl sites for hydroxylation is 1. The molecule has 7 nitrogen and oxygen atoms in total. The van der Waals surface area contributed by atoms with E-state index < -0.39 is 0 Å². The second-order valence-corrected chi connectivity index (χ2v) is 8.86. The number of ether oxygens (including phenoxy) is 1. The first-order valence-corrected chi connectivity index (χ1v) is 12.0. The van der Waals surface area contributed by atoms with E-state index in [1.807, 2.05) is 11.0 Å². The summed E-state index contributed by atoms with van der Waals surface area (Å²) in [6, 6.07) is 8.70. The Hall–Kier alpha value is -2.06. The largest absolute Gasteiger partial charge is 0.378 e. The van der Waals surface area contributed by atoms with Crippen LogP contribution >= 0.6 is 11.8 Å². The van der Waals surface area contributed by atoms with Crippen molar-refractivity contribution in [1.29, 1.82) is 0 Å². The van der Waals surface area contributed by atoms with Gasteiger partial charge in [-0.3, -0.25) is 9.36 Å². The molecule has 2 aliphatic rings. The number of nitrogens with zero attached hydrogens (tertiary/aromatic N) is 5. The van der Waals surface area contributed by atoms with Crippen LogP contribution in [-0.2, 0) is 16.0 Å². The number of morpholine rings is 1. The molecule has 4 rings (SSSR count). The Bertz CT molecular complexity index is 865. The van der Waals surface area contributed by atoms with Gasteiger partial charge >= 0.3 is 0 Å². The topological polar surface area (TPSA) is 63.5 Å². The predicted molar refractivity (Wildman–Crippen MR) is 120 cm³/mol. The molecule has 2 aliphatic heterocycles. The highest BCUT2D eigenvalue weighted by Gasteiger charge is 2.26. The molecule has 1 atom stereocenters. The van der Waals surface area contributed by atoms with E-state index in [-0.39, 0.29) is 5.91 Å². The number of likely N-dealkylation sites (tertiary alicyclic amines) is 1. The van der Waals surface area contributed by atoms with Gasteiger partial charge in [-0.25, -0.2) is 0 Å². The third-order valence-corrected chi connectivity index (χ3v) is 6.89. The first-order valence-electron chi connectivity index (χ1n) is 11.0. The molecule has 1 amide bonds. The lowest BCUT2D eigenvalue weighted by molar-refractivity contribution is -0.131. The second kappa shape index (κ2) is 9.83. The lowest BCUT2D eigenvalue weighted by Crippen LogP contribution is -2.43. The summed E-state index contributed by atoms with van der Waals surface area (Å²) in [7, 11) is 0. The third-order valence-electron chi connectivity index (χ3n) is 5.97. The van der Waals surface area contributed by atoms with E-state index in [1.165, 1.54) is 23.7 Å². The lowest BCUT2D eigenvalue weighted by atomic mass is 10.0. The quantitative estimate of drug-likeness (QED) is 0.658. The van der Waals surface area contributed by atoms with Gasteiger partial charge in [-0.15, -0.1) is 10.2 Å². The zero-order chi connectivity index (χ0) is 20.9. The van der Waals surface area contributed by atoms with Crippen LogP contribution in [-0.4, -0.2) is 70.2 Å². The first kappa shape index (κ1) is 21.2. The van der Waals surface area contributed by atoms with Gasteiger partial charge in [0.1, 0.15) is 0 Å². The Kier molecular flexibility index (Phi) is 6.94. The summed E-state index contributed by atoms with van der Waals surface area (Å²) in [6.45, 7) is 8.14. The summed E-state index contributed by atoms with van der Waals surface area (Å²) >= 11 is 1.49. The van der Waals surface area contributed by atoms with Crippen molar-refractivity contribution in [3.8, 4) is 5.69 Å². The van der Waals surface area contributed by atoms with E-state index >= 15 is 0 Å². The number of anilines is 1. The van der Waals surface area contributed by atoms with E-state index in [0.717, 1.165) is 55.7 Å². The molecular formula is C22H31N5O2S. The number of hydrogen-bond acceptors (Lipinski definition) is 6. The van der Waals surface area contributed by atoms with Crippen LogP contribution in [0.5, 0.6) is 0 Å². The molecule has 0 spiro atoms. The van der Waals surface area contributed by atoms with Gasteiger partial charge in [-0.2, -0.15) is 0 Å². The van der Waals surface area contributed by atoms with Crippen LogP contribution in [0.3, 0.4) is 0 Å². The molecule has 1 aromatic carbocycles. The number of thioether (sulfide) groups is 1. The number of rotatable bonds is 6. The minimum atomic E-state index is 0.193. The highest BCUT2D eigenvalue weighted by atomic mass is 32.2. The summed E-state index contributed by atoms with van der Waals surface area (Å²) < 4.78 is 7.65. The standard InChI is InChI=1S/C22H31N5O2S/c1-3-18-9-4-5-10-19(18)27-21(25-12-14-29-15-13-25)23-24-22(27)30-16-20(28)26-11-7-6-8-17(26)2/h4-5,9-10,17H,3,6-8,11-16H2,1-2H3/t17-/m0/s1. The second-order valence-electron chi connectivity index (χ2n) is 7.92. The summed E-state index contributed by atoms with van der Waals surface area (Å²) in [5.74, 6) is 1.42. The molecule has 2 fully saturated rings. The molecule has 0 unspecified atom stereocenters. The number of benzene rings is 1. The van der Waals surface area contributed by atoms with Crippen molar-refractivity contribution in [1.82, 2.24) is 19.7 Å². The normalized spacial score (nSPS) is 19.9. The van der Waals surface area contributed by atoms with Crippen LogP contribution < -0.4 is 4.90 Å². The van der Waals surface area contributed by atoms with Crippen LogP contribution in [0, 0.1) is 0 Å². The van der Waals surface area contributed by atoms with Crippen molar-refractivity contribution in [2.24, 2.45) is 0 Å². The maximum atomic E-state index is 12.9. The molecule has 0 radical (unpaired) electrons. The molecule has 0 N–H and O–H groups in total. The van der Waals surface area contributed by atoms with E-state index in [0.29, 0.717) is 25.0 Å². The molecule has 1 aromatic heterocycles. The zero-order valence-electron chi connectivity index (χ0n) is 17.9. The molecule has 0 saturated carbocycles. The van der Waals surface area contributed by atoms with Crippen molar-refractivity contribution < 1.29 is 9.53 Å². The smallest absolute Gasteiger partial charge is 0.233 e. The SMILES string of the molecule is CCc1ccccc1-n1c(SCC(=O)N2CCCC[C@@H]2C)nnc1N1CCOCC1. The fourth-order valence-electron chi connectivity index (χ4n) is 4.24. The third kappa shape index (κ3) is 4.49. The van der Waals surface area contributed by atoms with Gasteiger partial charge in [0.15, 0.2) is 5.16 Å². The number of para-hydroxylation sites is 1. The van der Waals surface area contributed by atoms with Crippen molar-refractivity contribution in [3.05, 3.63) is 29.8 Å². The number of piperidine rings is 1. The fourth-order valence-corrected chi connectivity index (χ4v) is 5.07. The van der Waals surface area contributed by atoms with Gasteiger partial charge in [0.05, 0.1) is 24.7 Å². The minimum Gasteiger partial charge on any atom is -0.378 e. The number of carbonyl (C=O) groups is 1. The number of amides is 1. The number of hydrogen-bond donors (Lipinski definition) is 0. The van der Waals surface area contributed by atoms with E-state index in [1.54, 1.807) is 0 Å². The maximum absolute atomic E-state index is 12.9. The average molecular weight is 430 g/mol. The molecule has 0 aliphatic carbocycles. The highest BCUT2D eigenvalue weighted by Crippen LogP contribution is 2.30. The van der Waals surface area contributed by atoms with Gasteiger partial charge in [-0.1, -0.05) is 36.9 Å². The Morgan fingerprint density at radius 1 is 1.17 bits per heavy atom. The molecule has 3 heterocycles. The Labute approximate surface area is 182 Å². The van der Waals surface area contributed by atoms with Gasteiger partial charge in [0.25, 0.3) is 0 Å². The van der Waals surface area contributed by atoms with E-state index in [2.05, 4.69) is 51.7 Å². The van der Waals surface area contributed by atoms with Crippen LogP contribution in [0.25, 0.3) is 5.69 Å². The van der Waals surface area contributed by atoms with E-state index in [9.17, 15) is 4.79 Å². The molecule has 2 saturated heterocycles. The number of carbonyl (C=O) groups excluding carboxylic acids is 1.